The van der Waals surface area contributed by atoms with Gasteiger partial charge in [0, 0.05) is 24.3 Å². The molecular formula is C14H20N2O. The number of carbonyl (C=O) groups is 1. The van der Waals surface area contributed by atoms with Gasteiger partial charge in [-0.1, -0.05) is 13.3 Å². The van der Waals surface area contributed by atoms with Gasteiger partial charge in [0.15, 0.2) is 0 Å². The van der Waals surface area contributed by atoms with Crippen molar-refractivity contribution >= 4 is 17.3 Å². The van der Waals surface area contributed by atoms with Gasteiger partial charge >= 0.3 is 0 Å². The first-order valence-corrected chi connectivity index (χ1v) is 6.22. The number of nitrogens with zero attached hydrogens (tertiary/aromatic N) is 1. The van der Waals surface area contributed by atoms with Gasteiger partial charge in [-0.2, -0.15) is 0 Å². The summed E-state index contributed by atoms with van der Waals surface area (Å²) >= 11 is 0. The van der Waals surface area contributed by atoms with Crippen LogP contribution in [0.25, 0.3) is 0 Å². The Morgan fingerprint density at radius 3 is 2.47 bits per heavy atom. The van der Waals surface area contributed by atoms with Gasteiger partial charge in [0.25, 0.3) is 0 Å². The molecule has 1 aromatic rings. The van der Waals surface area contributed by atoms with Crippen molar-refractivity contribution in [2.24, 2.45) is 11.8 Å². The fourth-order valence-corrected chi connectivity index (χ4v) is 2.59. The molecule has 1 aromatic carbocycles. The van der Waals surface area contributed by atoms with Crippen molar-refractivity contribution < 1.29 is 4.79 Å². The van der Waals surface area contributed by atoms with Crippen molar-refractivity contribution in [3.8, 4) is 0 Å². The number of amides is 1. The zero-order valence-corrected chi connectivity index (χ0v) is 10.5. The van der Waals surface area contributed by atoms with E-state index in [1.165, 1.54) is 12.8 Å². The Morgan fingerprint density at radius 2 is 1.94 bits per heavy atom. The number of hydrogen-bond acceptors (Lipinski definition) is 2. The number of hydrogen-bond donors (Lipinski definition) is 1. The summed E-state index contributed by atoms with van der Waals surface area (Å²) in [5.74, 6) is 0.941. The van der Waals surface area contributed by atoms with Crippen molar-refractivity contribution in [2.45, 2.75) is 26.2 Å². The van der Waals surface area contributed by atoms with E-state index in [1.807, 2.05) is 31.3 Å². The van der Waals surface area contributed by atoms with Crippen LogP contribution in [0.3, 0.4) is 0 Å². The molecule has 0 aliphatic heterocycles. The van der Waals surface area contributed by atoms with Crippen LogP contribution < -0.4 is 10.6 Å². The fraction of sp³-hybridized carbons (Fsp3) is 0.500. The van der Waals surface area contributed by atoms with Crippen LogP contribution in [0.2, 0.25) is 0 Å². The van der Waals surface area contributed by atoms with Crippen LogP contribution >= 0.6 is 0 Å². The van der Waals surface area contributed by atoms with Crippen molar-refractivity contribution in [2.75, 3.05) is 17.7 Å². The first kappa shape index (κ1) is 12.0. The molecule has 2 unspecified atom stereocenters. The number of carbonyl (C=O) groups excluding carboxylic acids is 1. The van der Waals surface area contributed by atoms with Crippen molar-refractivity contribution in [3.05, 3.63) is 24.3 Å². The zero-order chi connectivity index (χ0) is 12.4. The Hall–Kier alpha value is -1.51. The van der Waals surface area contributed by atoms with Crippen LogP contribution in [-0.4, -0.2) is 13.0 Å². The molecule has 17 heavy (non-hydrogen) atoms. The van der Waals surface area contributed by atoms with E-state index in [9.17, 15) is 4.79 Å². The fourth-order valence-electron chi connectivity index (χ4n) is 2.59. The molecule has 92 valence electrons. The lowest BCUT2D eigenvalue weighted by Crippen LogP contribution is -2.34. The highest BCUT2D eigenvalue weighted by Crippen LogP contribution is 2.33. The van der Waals surface area contributed by atoms with E-state index in [0.717, 1.165) is 17.8 Å². The minimum atomic E-state index is 0.192. The maximum absolute atomic E-state index is 12.3. The third-order valence-electron chi connectivity index (χ3n) is 3.79. The summed E-state index contributed by atoms with van der Waals surface area (Å²) in [5.41, 5.74) is 7.29. The highest BCUT2D eigenvalue weighted by molar-refractivity contribution is 5.94. The molecule has 1 saturated carbocycles. The lowest BCUT2D eigenvalue weighted by Gasteiger charge is -2.23. The molecule has 2 rings (SSSR count). The average molecular weight is 232 g/mol. The van der Waals surface area contributed by atoms with E-state index in [1.54, 1.807) is 4.90 Å². The molecule has 3 heteroatoms. The number of rotatable bonds is 2. The van der Waals surface area contributed by atoms with Crippen molar-refractivity contribution in [1.82, 2.24) is 0 Å². The number of nitrogens with two attached hydrogens (primary N) is 1. The quantitative estimate of drug-likeness (QED) is 0.797. The highest BCUT2D eigenvalue weighted by atomic mass is 16.2. The third-order valence-corrected chi connectivity index (χ3v) is 3.79. The molecule has 3 nitrogen and oxygen atoms in total. The molecule has 0 saturated heterocycles. The number of anilines is 2. The SMILES string of the molecule is CC1CCCC1C(=O)N(C)c1ccc(N)cc1. The molecule has 0 aromatic heterocycles. The number of benzene rings is 1. The molecule has 1 aliphatic carbocycles. The van der Waals surface area contributed by atoms with Gasteiger partial charge < -0.3 is 10.6 Å². The predicted molar refractivity (Wildman–Crippen MR) is 70.8 cm³/mol. The van der Waals surface area contributed by atoms with Crippen LogP contribution in [0, 0.1) is 11.8 Å². The summed E-state index contributed by atoms with van der Waals surface area (Å²) in [6.45, 7) is 2.17. The van der Waals surface area contributed by atoms with Gasteiger partial charge in [0.1, 0.15) is 0 Å². The molecule has 1 aliphatic rings. The van der Waals surface area contributed by atoms with Crippen LogP contribution in [-0.2, 0) is 4.79 Å². The summed E-state index contributed by atoms with van der Waals surface area (Å²) in [4.78, 5) is 14.1. The molecule has 0 heterocycles. The van der Waals surface area contributed by atoms with Crippen molar-refractivity contribution in [3.63, 3.8) is 0 Å². The summed E-state index contributed by atoms with van der Waals surface area (Å²) in [6, 6.07) is 7.45. The minimum absolute atomic E-state index is 0.192. The standard InChI is InChI=1S/C14H20N2O/c1-10-4-3-5-13(10)14(17)16(2)12-8-6-11(15)7-9-12/h6-10,13H,3-5,15H2,1-2H3. The molecule has 0 bridgehead atoms. The molecule has 0 radical (unpaired) electrons. The molecule has 0 spiro atoms. The molecule has 2 N–H and O–H groups in total. The smallest absolute Gasteiger partial charge is 0.230 e. The van der Waals surface area contributed by atoms with Crippen LogP contribution in [0.1, 0.15) is 26.2 Å². The normalized spacial score (nSPS) is 23.6. The molecule has 1 amide bonds. The largest absolute Gasteiger partial charge is 0.399 e. The second-order valence-electron chi connectivity index (χ2n) is 5.00. The first-order chi connectivity index (χ1) is 8.09. The highest BCUT2D eigenvalue weighted by Gasteiger charge is 2.31. The van der Waals surface area contributed by atoms with E-state index in [-0.39, 0.29) is 11.8 Å². The Kier molecular flexibility index (Phi) is 3.36. The lowest BCUT2D eigenvalue weighted by atomic mass is 9.96. The van der Waals surface area contributed by atoms with Crippen LogP contribution in [0.5, 0.6) is 0 Å². The third kappa shape index (κ3) is 2.43. The zero-order valence-electron chi connectivity index (χ0n) is 10.5. The van der Waals surface area contributed by atoms with Crippen molar-refractivity contribution in [1.29, 1.82) is 0 Å². The molecule has 2 atom stereocenters. The van der Waals surface area contributed by atoms with E-state index in [2.05, 4.69) is 6.92 Å². The maximum atomic E-state index is 12.3. The first-order valence-electron chi connectivity index (χ1n) is 6.22. The summed E-state index contributed by atoms with van der Waals surface area (Å²) < 4.78 is 0. The monoisotopic (exact) mass is 232 g/mol. The summed E-state index contributed by atoms with van der Waals surface area (Å²) in [5, 5.41) is 0. The Bertz CT molecular complexity index is 399. The van der Waals surface area contributed by atoms with Crippen LogP contribution in [0.15, 0.2) is 24.3 Å². The minimum Gasteiger partial charge on any atom is -0.399 e. The second kappa shape index (κ2) is 4.78. The van der Waals surface area contributed by atoms with Gasteiger partial charge in [0.2, 0.25) is 5.91 Å². The van der Waals surface area contributed by atoms with E-state index >= 15 is 0 Å². The van der Waals surface area contributed by atoms with E-state index in [0.29, 0.717) is 5.92 Å². The van der Waals surface area contributed by atoms with E-state index in [4.69, 9.17) is 5.73 Å². The Labute approximate surface area is 103 Å². The summed E-state index contributed by atoms with van der Waals surface area (Å²) in [6.07, 6.45) is 3.37. The van der Waals surface area contributed by atoms with Gasteiger partial charge in [-0.05, 0) is 43.0 Å². The summed E-state index contributed by atoms with van der Waals surface area (Å²) in [7, 11) is 1.85. The van der Waals surface area contributed by atoms with Gasteiger partial charge in [-0.15, -0.1) is 0 Å². The van der Waals surface area contributed by atoms with Gasteiger partial charge in [-0.25, -0.2) is 0 Å². The van der Waals surface area contributed by atoms with E-state index < -0.39 is 0 Å². The second-order valence-corrected chi connectivity index (χ2v) is 5.00. The molecule has 1 fully saturated rings. The maximum Gasteiger partial charge on any atom is 0.230 e. The Balaban J connectivity index is 2.11. The Morgan fingerprint density at radius 1 is 1.29 bits per heavy atom. The van der Waals surface area contributed by atoms with Gasteiger partial charge in [0.05, 0.1) is 0 Å². The number of nitrogen functional groups attached to an aromatic ring is 1. The predicted octanol–water partition coefficient (Wildman–Crippen LogP) is 2.67. The average Bonchev–Trinajstić information content (AvgIpc) is 2.74. The lowest BCUT2D eigenvalue weighted by molar-refractivity contribution is -0.122. The topological polar surface area (TPSA) is 46.3 Å². The van der Waals surface area contributed by atoms with Gasteiger partial charge in [-0.3, -0.25) is 4.79 Å². The molecular weight excluding hydrogens is 212 g/mol. The van der Waals surface area contributed by atoms with Crippen LogP contribution in [0.4, 0.5) is 11.4 Å².